The van der Waals surface area contributed by atoms with Crippen LogP contribution in [-0.4, -0.2) is 22.4 Å². The lowest BCUT2D eigenvalue weighted by Crippen LogP contribution is -2.15. The summed E-state index contributed by atoms with van der Waals surface area (Å²) in [5.74, 6) is 0.374. The Labute approximate surface area is 141 Å². The molecule has 0 atom stereocenters. The Morgan fingerprint density at radius 3 is 2.83 bits per heavy atom. The minimum Gasteiger partial charge on any atom is -0.370 e. The summed E-state index contributed by atoms with van der Waals surface area (Å²) in [7, 11) is 0. The number of halogens is 1. The summed E-state index contributed by atoms with van der Waals surface area (Å²) in [6, 6.07) is 7.02. The molecule has 1 aromatic heterocycles. The van der Waals surface area contributed by atoms with E-state index in [4.69, 9.17) is 11.6 Å². The van der Waals surface area contributed by atoms with Crippen LogP contribution >= 0.6 is 11.6 Å². The van der Waals surface area contributed by atoms with Gasteiger partial charge in [0.25, 0.3) is 5.91 Å². The number of nitrogens with one attached hydrogen (secondary N) is 2. The van der Waals surface area contributed by atoms with Gasteiger partial charge in [0.05, 0.1) is 0 Å². The molecule has 0 spiro atoms. The molecule has 23 heavy (non-hydrogen) atoms. The Morgan fingerprint density at radius 1 is 1.22 bits per heavy atom. The number of nitrogens with zero attached hydrogens (tertiary/aromatic N) is 2. The zero-order valence-corrected chi connectivity index (χ0v) is 14.2. The molecule has 6 heteroatoms. The SMILES string of the molecule is CCCCCNc1cc(C(=O)Nc2cc(Cl)ccc2C)ncn1. The number of benzene rings is 1. The normalized spacial score (nSPS) is 10.4. The Morgan fingerprint density at radius 2 is 2.04 bits per heavy atom. The predicted molar refractivity (Wildman–Crippen MR) is 94.2 cm³/mol. The van der Waals surface area contributed by atoms with Gasteiger partial charge in [0.1, 0.15) is 17.8 Å². The molecule has 0 aliphatic heterocycles. The smallest absolute Gasteiger partial charge is 0.274 e. The zero-order valence-electron chi connectivity index (χ0n) is 13.4. The zero-order chi connectivity index (χ0) is 16.7. The lowest BCUT2D eigenvalue weighted by molar-refractivity contribution is 0.102. The van der Waals surface area contributed by atoms with Gasteiger partial charge in [-0.15, -0.1) is 0 Å². The molecule has 0 radical (unpaired) electrons. The van der Waals surface area contributed by atoms with E-state index in [0.29, 0.717) is 22.2 Å². The maximum Gasteiger partial charge on any atom is 0.274 e. The molecule has 122 valence electrons. The number of unbranched alkanes of at least 4 members (excludes halogenated alkanes) is 2. The highest BCUT2D eigenvalue weighted by Gasteiger charge is 2.11. The number of aromatic nitrogens is 2. The van der Waals surface area contributed by atoms with Crippen LogP contribution in [0.4, 0.5) is 11.5 Å². The first kappa shape index (κ1) is 17.2. The molecule has 0 saturated heterocycles. The molecular weight excluding hydrogens is 312 g/mol. The van der Waals surface area contributed by atoms with Crippen molar-refractivity contribution in [1.29, 1.82) is 0 Å². The van der Waals surface area contributed by atoms with Crippen LogP contribution in [-0.2, 0) is 0 Å². The summed E-state index contributed by atoms with van der Waals surface area (Å²) >= 11 is 5.97. The number of carbonyl (C=O) groups is 1. The van der Waals surface area contributed by atoms with Crippen molar-refractivity contribution in [2.45, 2.75) is 33.1 Å². The maximum absolute atomic E-state index is 12.3. The number of hydrogen-bond acceptors (Lipinski definition) is 4. The first-order chi connectivity index (χ1) is 11.1. The molecule has 0 fully saturated rings. The van der Waals surface area contributed by atoms with Crippen LogP contribution in [0.2, 0.25) is 5.02 Å². The van der Waals surface area contributed by atoms with Crippen LogP contribution < -0.4 is 10.6 Å². The third-order valence-corrected chi connectivity index (χ3v) is 3.67. The van der Waals surface area contributed by atoms with E-state index in [1.54, 1.807) is 18.2 Å². The summed E-state index contributed by atoms with van der Waals surface area (Å²) in [6.45, 7) is 4.90. The van der Waals surface area contributed by atoms with E-state index < -0.39 is 0 Å². The quantitative estimate of drug-likeness (QED) is 0.742. The summed E-state index contributed by atoms with van der Waals surface area (Å²) in [6.07, 6.45) is 4.79. The number of rotatable bonds is 7. The number of amides is 1. The van der Waals surface area contributed by atoms with Gasteiger partial charge in [-0.3, -0.25) is 4.79 Å². The van der Waals surface area contributed by atoms with Crippen molar-refractivity contribution in [3.63, 3.8) is 0 Å². The fraction of sp³-hybridized carbons (Fsp3) is 0.353. The number of anilines is 2. The Hall–Kier alpha value is -2.14. The van der Waals surface area contributed by atoms with Crippen molar-refractivity contribution >= 4 is 29.0 Å². The van der Waals surface area contributed by atoms with Crippen molar-refractivity contribution in [2.75, 3.05) is 17.2 Å². The van der Waals surface area contributed by atoms with E-state index in [-0.39, 0.29) is 5.91 Å². The molecule has 2 aromatic rings. The van der Waals surface area contributed by atoms with E-state index >= 15 is 0 Å². The standard InChI is InChI=1S/C17H21ClN4O/c1-3-4-5-8-19-16-10-15(20-11-21-16)17(23)22-14-9-13(18)7-6-12(14)2/h6-7,9-11H,3-5,8H2,1-2H3,(H,22,23)(H,19,20,21). The minimum absolute atomic E-state index is 0.283. The topological polar surface area (TPSA) is 66.9 Å². The number of carbonyl (C=O) groups excluding carboxylic acids is 1. The first-order valence-corrected chi connectivity index (χ1v) is 8.11. The average molecular weight is 333 g/mol. The summed E-state index contributed by atoms with van der Waals surface area (Å²) in [5, 5.41) is 6.61. The van der Waals surface area contributed by atoms with Crippen LogP contribution in [0.15, 0.2) is 30.6 Å². The van der Waals surface area contributed by atoms with Gasteiger partial charge in [0.2, 0.25) is 0 Å². The van der Waals surface area contributed by atoms with Crippen molar-refractivity contribution < 1.29 is 4.79 Å². The van der Waals surface area contributed by atoms with Crippen molar-refractivity contribution in [2.24, 2.45) is 0 Å². The van der Waals surface area contributed by atoms with Gasteiger partial charge < -0.3 is 10.6 Å². The third-order valence-electron chi connectivity index (χ3n) is 3.43. The highest BCUT2D eigenvalue weighted by atomic mass is 35.5. The molecule has 0 aliphatic rings. The largest absolute Gasteiger partial charge is 0.370 e. The molecule has 5 nitrogen and oxygen atoms in total. The fourth-order valence-electron chi connectivity index (χ4n) is 2.08. The van der Waals surface area contributed by atoms with Gasteiger partial charge >= 0.3 is 0 Å². The second kappa shape index (κ2) is 8.48. The molecule has 0 saturated carbocycles. The second-order valence-electron chi connectivity index (χ2n) is 5.34. The predicted octanol–water partition coefficient (Wildman–Crippen LogP) is 4.29. The third kappa shape index (κ3) is 5.21. The molecule has 1 heterocycles. The van der Waals surface area contributed by atoms with Gasteiger partial charge in [0, 0.05) is 23.3 Å². The van der Waals surface area contributed by atoms with Gasteiger partial charge in [-0.1, -0.05) is 37.4 Å². The number of aryl methyl sites for hydroxylation is 1. The molecule has 2 N–H and O–H groups in total. The lowest BCUT2D eigenvalue weighted by Gasteiger charge is -2.09. The van der Waals surface area contributed by atoms with Crippen LogP contribution in [0.1, 0.15) is 42.2 Å². The van der Waals surface area contributed by atoms with Crippen molar-refractivity contribution in [1.82, 2.24) is 9.97 Å². The molecule has 1 aromatic carbocycles. The van der Waals surface area contributed by atoms with E-state index in [2.05, 4.69) is 27.5 Å². The molecule has 0 unspecified atom stereocenters. The summed E-state index contributed by atoms with van der Waals surface area (Å²) in [4.78, 5) is 20.5. The van der Waals surface area contributed by atoms with Crippen molar-refractivity contribution in [3.05, 3.63) is 46.9 Å². The Balaban J connectivity index is 2.03. The average Bonchev–Trinajstić information content (AvgIpc) is 2.55. The van der Waals surface area contributed by atoms with Gasteiger partial charge in [-0.2, -0.15) is 0 Å². The van der Waals surface area contributed by atoms with Gasteiger partial charge in [0.15, 0.2) is 0 Å². The van der Waals surface area contributed by atoms with Crippen LogP contribution in [0.3, 0.4) is 0 Å². The van der Waals surface area contributed by atoms with Crippen LogP contribution in [0.5, 0.6) is 0 Å². The molecule has 0 bridgehead atoms. The lowest BCUT2D eigenvalue weighted by atomic mass is 10.2. The van der Waals surface area contributed by atoms with Crippen molar-refractivity contribution in [3.8, 4) is 0 Å². The van der Waals surface area contributed by atoms with E-state index in [9.17, 15) is 4.79 Å². The summed E-state index contributed by atoms with van der Waals surface area (Å²) < 4.78 is 0. The fourth-order valence-corrected chi connectivity index (χ4v) is 2.26. The van der Waals surface area contributed by atoms with Gasteiger partial charge in [-0.05, 0) is 31.0 Å². The minimum atomic E-state index is -0.283. The Kier molecular flexibility index (Phi) is 6.35. The first-order valence-electron chi connectivity index (χ1n) is 7.73. The maximum atomic E-state index is 12.3. The Bertz CT molecular complexity index is 675. The highest BCUT2D eigenvalue weighted by Crippen LogP contribution is 2.20. The molecule has 2 rings (SSSR count). The van der Waals surface area contributed by atoms with Crippen LogP contribution in [0, 0.1) is 6.92 Å². The van der Waals surface area contributed by atoms with E-state index in [1.165, 1.54) is 12.7 Å². The highest BCUT2D eigenvalue weighted by molar-refractivity contribution is 6.31. The second-order valence-corrected chi connectivity index (χ2v) is 5.77. The monoisotopic (exact) mass is 332 g/mol. The van der Waals surface area contributed by atoms with E-state index in [0.717, 1.165) is 24.9 Å². The van der Waals surface area contributed by atoms with Crippen LogP contribution in [0.25, 0.3) is 0 Å². The molecular formula is C17H21ClN4O. The number of hydrogen-bond donors (Lipinski definition) is 2. The summed E-state index contributed by atoms with van der Waals surface area (Å²) in [5.41, 5.74) is 1.94. The van der Waals surface area contributed by atoms with Gasteiger partial charge in [-0.25, -0.2) is 9.97 Å². The molecule has 0 aliphatic carbocycles. The molecule has 1 amide bonds. The van der Waals surface area contributed by atoms with E-state index in [1.807, 2.05) is 13.0 Å².